The van der Waals surface area contributed by atoms with Crippen LogP contribution in [-0.2, 0) is 13.0 Å². The molecule has 5 nitrogen and oxygen atoms in total. The summed E-state index contributed by atoms with van der Waals surface area (Å²) in [6.45, 7) is 3.10. The Hall–Kier alpha value is -1.30. The lowest BCUT2D eigenvalue weighted by atomic mass is 9.90. The summed E-state index contributed by atoms with van der Waals surface area (Å²) in [6, 6.07) is 4.07. The molecule has 0 bridgehead atoms. The number of aromatic nitrogens is 3. The number of halogens is 2. The monoisotopic (exact) mass is 434 g/mol. The first-order valence-corrected chi connectivity index (χ1v) is 11.7. The molecule has 1 N–H and O–H groups in total. The standard InChI is InChI=1S/C22H28Cl2N4O/c23-17-6-7-18(29)20(21(17)24)15-12-19-25-26-22(28(19)13-15)14-8-10-27(11-9-14)16-4-2-1-3-5-16/h6-7,14-16,29H,1-5,8-13H2/t15-/m0/s1. The van der Waals surface area contributed by atoms with Gasteiger partial charge in [0.25, 0.3) is 0 Å². The summed E-state index contributed by atoms with van der Waals surface area (Å²) < 4.78 is 2.27. The summed E-state index contributed by atoms with van der Waals surface area (Å²) in [5.74, 6) is 2.88. The van der Waals surface area contributed by atoms with Crippen molar-refractivity contribution in [2.45, 2.75) is 75.8 Å². The number of hydrogen-bond acceptors (Lipinski definition) is 4. The van der Waals surface area contributed by atoms with Gasteiger partial charge in [-0.3, -0.25) is 0 Å². The molecule has 0 spiro atoms. The molecular weight excluding hydrogens is 407 g/mol. The maximum Gasteiger partial charge on any atom is 0.136 e. The molecule has 1 saturated carbocycles. The summed E-state index contributed by atoms with van der Waals surface area (Å²) in [5, 5.41) is 20.4. The van der Waals surface area contributed by atoms with Gasteiger partial charge in [0.2, 0.25) is 0 Å². The van der Waals surface area contributed by atoms with E-state index in [-0.39, 0.29) is 11.7 Å². The minimum Gasteiger partial charge on any atom is -0.508 e. The molecule has 1 aromatic carbocycles. The first kappa shape index (κ1) is 19.7. The molecule has 0 radical (unpaired) electrons. The average Bonchev–Trinajstić information content (AvgIpc) is 3.33. The highest BCUT2D eigenvalue weighted by atomic mass is 35.5. The van der Waals surface area contributed by atoms with Crippen LogP contribution in [0.5, 0.6) is 5.75 Å². The molecule has 3 heterocycles. The number of nitrogens with zero attached hydrogens (tertiary/aromatic N) is 4. The number of aromatic hydroxyl groups is 1. The lowest BCUT2D eigenvalue weighted by Gasteiger charge is -2.39. The van der Waals surface area contributed by atoms with Gasteiger partial charge in [-0.05, 0) is 50.9 Å². The second-order valence-electron chi connectivity index (χ2n) is 8.88. The Morgan fingerprint density at radius 3 is 2.45 bits per heavy atom. The van der Waals surface area contributed by atoms with Gasteiger partial charge >= 0.3 is 0 Å². The van der Waals surface area contributed by atoms with Crippen LogP contribution in [0.25, 0.3) is 0 Å². The van der Waals surface area contributed by atoms with Crippen LogP contribution < -0.4 is 0 Å². The Labute approximate surface area is 182 Å². The number of phenols is 1. The van der Waals surface area contributed by atoms with Gasteiger partial charge in [-0.25, -0.2) is 0 Å². The van der Waals surface area contributed by atoms with Crippen LogP contribution in [0.2, 0.25) is 10.0 Å². The van der Waals surface area contributed by atoms with E-state index in [9.17, 15) is 5.11 Å². The maximum atomic E-state index is 10.4. The van der Waals surface area contributed by atoms with Gasteiger partial charge in [0.1, 0.15) is 17.4 Å². The Bertz CT molecular complexity index is 885. The second-order valence-corrected chi connectivity index (χ2v) is 9.67. The van der Waals surface area contributed by atoms with Crippen molar-refractivity contribution >= 4 is 23.2 Å². The van der Waals surface area contributed by atoms with Crippen molar-refractivity contribution in [3.8, 4) is 5.75 Å². The van der Waals surface area contributed by atoms with E-state index in [2.05, 4.69) is 19.7 Å². The Morgan fingerprint density at radius 1 is 0.931 bits per heavy atom. The number of likely N-dealkylation sites (tertiary alicyclic amines) is 1. The van der Waals surface area contributed by atoms with Crippen LogP contribution in [-0.4, -0.2) is 43.9 Å². The lowest BCUT2D eigenvalue weighted by Crippen LogP contribution is -2.42. The fraction of sp³-hybridized carbons (Fsp3) is 0.636. The molecule has 7 heteroatoms. The third-order valence-electron chi connectivity index (χ3n) is 7.19. The van der Waals surface area contributed by atoms with E-state index in [0.717, 1.165) is 49.1 Å². The molecule has 3 aliphatic rings. The van der Waals surface area contributed by atoms with E-state index in [0.29, 0.717) is 16.0 Å². The van der Waals surface area contributed by atoms with Crippen molar-refractivity contribution in [3.63, 3.8) is 0 Å². The predicted molar refractivity (Wildman–Crippen MR) is 115 cm³/mol. The van der Waals surface area contributed by atoms with Crippen LogP contribution in [0.4, 0.5) is 0 Å². The molecule has 0 amide bonds. The minimum atomic E-state index is 0.0905. The third kappa shape index (κ3) is 3.66. The molecule has 29 heavy (non-hydrogen) atoms. The summed E-state index contributed by atoms with van der Waals surface area (Å²) in [7, 11) is 0. The SMILES string of the molecule is Oc1ccc(Cl)c(Cl)c1[C@H]1Cc2nnc(C3CCN(C4CCCCC4)CC3)n2C1. The molecule has 2 fully saturated rings. The number of hydrogen-bond donors (Lipinski definition) is 1. The fourth-order valence-corrected chi connectivity index (χ4v) is 6.09. The van der Waals surface area contributed by atoms with Crippen molar-refractivity contribution in [2.75, 3.05) is 13.1 Å². The van der Waals surface area contributed by atoms with Gasteiger partial charge < -0.3 is 14.6 Å². The van der Waals surface area contributed by atoms with Gasteiger partial charge in [0, 0.05) is 36.4 Å². The molecule has 1 saturated heterocycles. The number of rotatable bonds is 3. The highest BCUT2D eigenvalue weighted by Gasteiger charge is 2.35. The Balaban J connectivity index is 1.29. The summed E-state index contributed by atoms with van der Waals surface area (Å²) >= 11 is 12.6. The molecule has 1 atom stereocenters. The Morgan fingerprint density at radius 2 is 1.69 bits per heavy atom. The highest BCUT2D eigenvalue weighted by Crippen LogP contribution is 2.43. The maximum absolute atomic E-state index is 10.4. The zero-order valence-corrected chi connectivity index (χ0v) is 18.2. The molecule has 0 unspecified atom stereocenters. The molecule has 5 rings (SSSR count). The van der Waals surface area contributed by atoms with E-state index in [4.69, 9.17) is 23.2 Å². The van der Waals surface area contributed by atoms with Crippen LogP contribution in [0.3, 0.4) is 0 Å². The first-order chi connectivity index (χ1) is 14.1. The van der Waals surface area contributed by atoms with Crippen molar-refractivity contribution < 1.29 is 5.11 Å². The van der Waals surface area contributed by atoms with Crippen molar-refractivity contribution in [1.82, 2.24) is 19.7 Å². The number of phenolic OH excluding ortho intramolecular Hbond substituents is 1. The Kier molecular flexibility index (Phi) is 5.48. The largest absolute Gasteiger partial charge is 0.508 e. The predicted octanol–water partition coefficient (Wildman–Crippen LogP) is 5.14. The van der Waals surface area contributed by atoms with Crippen LogP contribution in [0.15, 0.2) is 12.1 Å². The average molecular weight is 435 g/mol. The van der Waals surface area contributed by atoms with Crippen molar-refractivity contribution in [2.24, 2.45) is 0 Å². The van der Waals surface area contributed by atoms with E-state index in [1.165, 1.54) is 45.2 Å². The molecule has 1 aromatic heterocycles. The molecule has 1 aliphatic carbocycles. The smallest absolute Gasteiger partial charge is 0.136 e. The number of benzene rings is 1. The second kappa shape index (κ2) is 8.09. The van der Waals surface area contributed by atoms with Crippen LogP contribution in [0, 0.1) is 0 Å². The van der Waals surface area contributed by atoms with Crippen LogP contribution >= 0.6 is 23.2 Å². The van der Waals surface area contributed by atoms with E-state index >= 15 is 0 Å². The lowest BCUT2D eigenvalue weighted by molar-refractivity contribution is 0.120. The van der Waals surface area contributed by atoms with E-state index in [1.807, 2.05) is 0 Å². The highest BCUT2D eigenvalue weighted by molar-refractivity contribution is 6.42. The summed E-state index contributed by atoms with van der Waals surface area (Å²) in [4.78, 5) is 2.71. The quantitative estimate of drug-likeness (QED) is 0.725. The van der Waals surface area contributed by atoms with E-state index < -0.39 is 0 Å². The number of piperidine rings is 1. The van der Waals surface area contributed by atoms with Gasteiger partial charge in [-0.1, -0.05) is 42.5 Å². The normalized spacial score (nSPS) is 24.1. The molecule has 2 aliphatic heterocycles. The van der Waals surface area contributed by atoms with Crippen molar-refractivity contribution in [1.29, 1.82) is 0 Å². The molecule has 156 valence electrons. The topological polar surface area (TPSA) is 54.2 Å². The third-order valence-corrected chi connectivity index (χ3v) is 8.01. The van der Waals surface area contributed by atoms with Gasteiger partial charge in [0.15, 0.2) is 0 Å². The van der Waals surface area contributed by atoms with Crippen molar-refractivity contribution in [3.05, 3.63) is 39.4 Å². The first-order valence-electron chi connectivity index (χ1n) is 10.9. The van der Waals surface area contributed by atoms with Gasteiger partial charge in [-0.15, -0.1) is 10.2 Å². The van der Waals surface area contributed by atoms with E-state index in [1.54, 1.807) is 12.1 Å². The van der Waals surface area contributed by atoms with Gasteiger partial charge in [-0.2, -0.15) is 0 Å². The molecule has 2 aromatic rings. The van der Waals surface area contributed by atoms with Crippen LogP contribution in [0.1, 0.15) is 74.0 Å². The zero-order chi connectivity index (χ0) is 20.0. The minimum absolute atomic E-state index is 0.0905. The summed E-state index contributed by atoms with van der Waals surface area (Å²) in [5.41, 5.74) is 0.739. The van der Waals surface area contributed by atoms with Gasteiger partial charge in [0.05, 0.1) is 10.0 Å². The summed E-state index contributed by atoms with van der Waals surface area (Å²) in [6.07, 6.45) is 9.98. The number of fused-ring (bicyclic) bond motifs is 1. The molecular formula is C22H28Cl2N4O. The zero-order valence-electron chi connectivity index (χ0n) is 16.7. The fourth-order valence-electron chi connectivity index (χ4n) is 5.61.